The molecular formula is C29H28N2O7. The number of phenols is 1. The third kappa shape index (κ3) is 6.37. The molecule has 1 heterocycles. The minimum atomic E-state index is -1.17. The average molecular weight is 517 g/mol. The summed E-state index contributed by atoms with van der Waals surface area (Å²) in [5.74, 6) is -0.381. The Morgan fingerprint density at radius 3 is 2.34 bits per heavy atom. The highest BCUT2D eigenvalue weighted by molar-refractivity contribution is 6.06. The molecule has 3 aromatic carbocycles. The van der Waals surface area contributed by atoms with Crippen LogP contribution in [0.5, 0.6) is 17.2 Å². The third-order valence-electron chi connectivity index (χ3n) is 5.92. The molecule has 196 valence electrons. The van der Waals surface area contributed by atoms with Gasteiger partial charge in [0.2, 0.25) is 0 Å². The Balaban J connectivity index is 1.56. The first-order valence-electron chi connectivity index (χ1n) is 11.9. The Kier molecular flexibility index (Phi) is 8.40. The van der Waals surface area contributed by atoms with Gasteiger partial charge in [-0.2, -0.15) is 0 Å². The van der Waals surface area contributed by atoms with Crippen LogP contribution in [0.2, 0.25) is 0 Å². The van der Waals surface area contributed by atoms with Crippen molar-refractivity contribution in [3.63, 3.8) is 0 Å². The Morgan fingerprint density at radius 2 is 1.66 bits per heavy atom. The van der Waals surface area contributed by atoms with Crippen LogP contribution in [-0.4, -0.2) is 53.9 Å². The minimum absolute atomic E-state index is 0.0141. The van der Waals surface area contributed by atoms with Gasteiger partial charge in [0.25, 0.3) is 5.91 Å². The molecule has 0 fully saturated rings. The van der Waals surface area contributed by atoms with E-state index in [9.17, 15) is 19.8 Å². The summed E-state index contributed by atoms with van der Waals surface area (Å²) in [5, 5.41) is 22.7. The highest BCUT2D eigenvalue weighted by atomic mass is 16.5. The van der Waals surface area contributed by atoms with E-state index in [2.05, 4.69) is 10.3 Å². The van der Waals surface area contributed by atoms with Gasteiger partial charge in [-0.25, -0.2) is 9.78 Å². The fraction of sp³-hybridized carbons (Fsp3) is 0.207. The molecule has 1 aromatic heterocycles. The highest BCUT2D eigenvalue weighted by Gasteiger charge is 2.20. The van der Waals surface area contributed by atoms with Crippen molar-refractivity contribution < 1.29 is 34.0 Å². The minimum Gasteiger partial charge on any atom is -0.508 e. The lowest BCUT2D eigenvalue weighted by Crippen LogP contribution is -2.40. The number of phenolic OH excluding ortho intramolecular Hbond substituents is 1. The van der Waals surface area contributed by atoms with E-state index in [1.54, 1.807) is 61.7 Å². The fourth-order valence-corrected chi connectivity index (χ4v) is 4.08. The summed E-state index contributed by atoms with van der Waals surface area (Å²) in [6, 6.07) is 19.9. The van der Waals surface area contributed by atoms with Crippen LogP contribution in [0, 0.1) is 0 Å². The van der Waals surface area contributed by atoms with Gasteiger partial charge in [-0.05, 0) is 60.0 Å². The van der Waals surface area contributed by atoms with E-state index < -0.39 is 17.9 Å². The third-order valence-corrected chi connectivity index (χ3v) is 5.92. The summed E-state index contributed by atoms with van der Waals surface area (Å²) < 4.78 is 16.4. The Hall–Kier alpha value is -4.63. The number of aromatic carboxylic acids is 1. The van der Waals surface area contributed by atoms with Crippen molar-refractivity contribution in [2.24, 2.45) is 0 Å². The van der Waals surface area contributed by atoms with Crippen LogP contribution in [0.15, 0.2) is 72.8 Å². The zero-order chi connectivity index (χ0) is 27.1. The molecule has 0 radical (unpaired) electrons. The Labute approximate surface area is 219 Å². The summed E-state index contributed by atoms with van der Waals surface area (Å²) >= 11 is 0. The van der Waals surface area contributed by atoms with Gasteiger partial charge in [0.05, 0.1) is 30.8 Å². The molecule has 4 rings (SSSR count). The molecule has 0 unspecified atom stereocenters. The lowest BCUT2D eigenvalue weighted by atomic mass is 10.0. The summed E-state index contributed by atoms with van der Waals surface area (Å²) in [5.41, 5.74) is 1.95. The van der Waals surface area contributed by atoms with Crippen LogP contribution >= 0.6 is 0 Å². The second-order valence-electron chi connectivity index (χ2n) is 8.65. The van der Waals surface area contributed by atoms with E-state index in [1.165, 1.54) is 13.2 Å². The number of hydrogen-bond acceptors (Lipinski definition) is 7. The van der Waals surface area contributed by atoms with Gasteiger partial charge in [-0.15, -0.1) is 0 Å². The number of rotatable bonds is 11. The van der Waals surface area contributed by atoms with Crippen molar-refractivity contribution in [2.45, 2.75) is 19.1 Å². The van der Waals surface area contributed by atoms with E-state index >= 15 is 0 Å². The van der Waals surface area contributed by atoms with Crippen LogP contribution < -0.4 is 14.8 Å². The van der Waals surface area contributed by atoms with Gasteiger partial charge in [0.1, 0.15) is 18.1 Å². The topological polar surface area (TPSA) is 127 Å². The Morgan fingerprint density at radius 1 is 0.947 bits per heavy atom. The number of hydrogen-bond donors (Lipinski definition) is 3. The maximum Gasteiger partial charge on any atom is 0.336 e. The zero-order valence-electron chi connectivity index (χ0n) is 21.0. The first-order valence-corrected chi connectivity index (χ1v) is 11.9. The van der Waals surface area contributed by atoms with E-state index in [0.717, 1.165) is 11.1 Å². The smallest absolute Gasteiger partial charge is 0.336 e. The van der Waals surface area contributed by atoms with E-state index in [-0.39, 0.29) is 30.2 Å². The highest BCUT2D eigenvalue weighted by Crippen LogP contribution is 2.27. The molecule has 0 spiro atoms. The number of fused-ring (bicyclic) bond motifs is 1. The normalized spacial score (nSPS) is 11.6. The van der Waals surface area contributed by atoms with Crippen molar-refractivity contribution in [3.05, 3.63) is 95.2 Å². The summed E-state index contributed by atoms with van der Waals surface area (Å²) in [7, 11) is 3.09. The average Bonchev–Trinajstić information content (AvgIpc) is 2.92. The second-order valence-corrected chi connectivity index (χ2v) is 8.65. The second kappa shape index (κ2) is 12.1. The van der Waals surface area contributed by atoms with Crippen molar-refractivity contribution in [2.75, 3.05) is 20.8 Å². The predicted octanol–water partition coefficient (Wildman–Crippen LogP) is 4.21. The quantitative estimate of drug-likeness (QED) is 0.271. The summed E-state index contributed by atoms with van der Waals surface area (Å²) in [4.78, 5) is 29.6. The van der Waals surface area contributed by atoms with Crippen LogP contribution in [0.1, 0.15) is 32.0 Å². The van der Waals surface area contributed by atoms with Crippen molar-refractivity contribution in [1.29, 1.82) is 0 Å². The first kappa shape index (κ1) is 26.4. The lowest BCUT2D eigenvalue weighted by Gasteiger charge is -2.18. The van der Waals surface area contributed by atoms with Crippen LogP contribution in [0.4, 0.5) is 0 Å². The number of carboxylic acids is 1. The number of amides is 1. The SMILES string of the molecule is COC[C@H](Cc1ccc(O)cc1)NC(=O)c1cc(C(=O)O)c2cc(COc3ccccc3OC)ccc2n1. The molecule has 0 saturated carbocycles. The fourth-order valence-electron chi connectivity index (χ4n) is 4.08. The van der Waals surface area contributed by atoms with E-state index in [4.69, 9.17) is 14.2 Å². The molecule has 3 N–H and O–H groups in total. The standard InChI is InChI=1S/C29H28N2O7/c1-36-17-20(13-18-7-10-21(32)11-8-18)30-28(33)25-15-23(29(34)35)22-14-19(9-12-24(22)31-25)16-38-27-6-4-3-5-26(27)37-2/h3-12,14-15,20,32H,13,16-17H2,1-2H3,(H,30,33)(H,34,35)/t20-/m0/s1. The number of nitrogens with one attached hydrogen (secondary N) is 1. The van der Waals surface area contributed by atoms with Crippen LogP contribution in [0.3, 0.4) is 0 Å². The molecule has 0 aliphatic heterocycles. The number of nitrogens with zero attached hydrogens (tertiary/aromatic N) is 1. The first-order chi connectivity index (χ1) is 18.4. The zero-order valence-corrected chi connectivity index (χ0v) is 21.0. The molecule has 9 heteroatoms. The number of benzene rings is 3. The van der Waals surface area contributed by atoms with Gasteiger partial charge in [-0.1, -0.05) is 30.3 Å². The van der Waals surface area contributed by atoms with E-state index in [0.29, 0.717) is 28.8 Å². The van der Waals surface area contributed by atoms with Crippen molar-refractivity contribution >= 4 is 22.8 Å². The number of aromatic hydroxyl groups is 1. The maximum atomic E-state index is 13.1. The molecule has 1 atom stereocenters. The van der Waals surface area contributed by atoms with Crippen molar-refractivity contribution in [3.8, 4) is 17.2 Å². The summed E-state index contributed by atoms with van der Waals surface area (Å²) in [6.45, 7) is 0.426. The largest absolute Gasteiger partial charge is 0.508 e. The molecule has 0 aliphatic carbocycles. The Bertz CT molecular complexity index is 1440. The molecular weight excluding hydrogens is 488 g/mol. The van der Waals surface area contributed by atoms with Gasteiger partial charge in [0, 0.05) is 12.5 Å². The van der Waals surface area contributed by atoms with Crippen LogP contribution in [0.25, 0.3) is 10.9 Å². The van der Waals surface area contributed by atoms with Gasteiger partial charge < -0.3 is 29.7 Å². The van der Waals surface area contributed by atoms with Crippen molar-refractivity contribution in [1.82, 2.24) is 10.3 Å². The molecule has 0 saturated heterocycles. The predicted molar refractivity (Wildman–Crippen MR) is 141 cm³/mol. The number of carbonyl (C=O) groups excluding carboxylic acids is 1. The molecule has 1 amide bonds. The van der Waals surface area contributed by atoms with E-state index in [1.807, 2.05) is 12.1 Å². The number of methoxy groups -OCH3 is 2. The number of carbonyl (C=O) groups is 2. The number of pyridine rings is 1. The number of ether oxygens (including phenoxy) is 3. The summed E-state index contributed by atoms with van der Waals surface area (Å²) in [6.07, 6.45) is 0.453. The number of aromatic nitrogens is 1. The molecule has 0 bridgehead atoms. The lowest BCUT2D eigenvalue weighted by molar-refractivity contribution is 0.0699. The number of carboxylic acid groups (broad SMARTS) is 1. The maximum absolute atomic E-state index is 13.1. The number of para-hydroxylation sites is 2. The molecule has 0 aliphatic rings. The molecule has 9 nitrogen and oxygen atoms in total. The van der Waals surface area contributed by atoms with Gasteiger partial charge >= 0.3 is 5.97 Å². The van der Waals surface area contributed by atoms with Crippen LogP contribution in [-0.2, 0) is 17.8 Å². The monoisotopic (exact) mass is 516 g/mol. The molecule has 4 aromatic rings. The van der Waals surface area contributed by atoms with Gasteiger partial charge in [0.15, 0.2) is 11.5 Å². The molecule has 38 heavy (non-hydrogen) atoms. The van der Waals surface area contributed by atoms with Gasteiger partial charge in [-0.3, -0.25) is 4.79 Å².